The number of amides is 1. The number of para-hydroxylation sites is 1. The molecule has 23 heavy (non-hydrogen) atoms. The van der Waals surface area contributed by atoms with Crippen LogP contribution in [0.3, 0.4) is 0 Å². The molecule has 0 atom stereocenters. The fraction of sp³-hybridized carbons (Fsp3) is 0.118. The van der Waals surface area contributed by atoms with Gasteiger partial charge in [-0.1, -0.05) is 53.7 Å². The van der Waals surface area contributed by atoms with Gasteiger partial charge in [-0.3, -0.25) is 4.79 Å². The molecule has 0 aliphatic rings. The molecule has 0 saturated heterocycles. The predicted molar refractivity (Wildman–Crippen MR) is 83.5 cm³/mol. The highest BCUT2D eigenvalue weighted by molar-refractivity contribution is 5.77. The van der Waals surface area contributed by atoms with Crippen LogP contribution in [0.2, 0.25) is 0 Å². The van der Waals surface area contributed by atoms with E-state index in [0.29, 0.717) is 17.5 Å². The Kier molecular flexibility index (Phi) is 4.63. The number of hydrogen-bond donors (Lipinski definition) is 1. The van der Waals surface area contributed by atoms with Gasteiger partial charge < -0.3 is 14.6 Å². The highest BCUT2D eigenvalue weighted by Gasteiger charge is 2.09. The zero-order valence-corrected chi connectivity index (χ0v) is 12.3. The van der Waals surface area contributed by atoms with Gasteiger partial charge >= 0.3 is 0 Å². The van der Waals surface area contributed by atoms with E-state index in [1.54, 1.807) is 12.1 Å². The summed E-state index contributed by atoms with van der Waals surface area (Å²) in [5.74, 6) is 1.23. The van der Waals surface area contributed by atoms with Crippen molar-refractivity contribution in [2.24, 2.45) is 0 Å². The number of benzene rings is 2. The largest absolute Gasteiger partial charge is 0.484 e. The molecule has 1 aromatic heterocycles. The monoisotopic (exact) mass is 309 g/mol. The van der Waals surface area contributed by atoms with Gasteiger partial charge in [0.05, 0.1) is 6.54 Å². The first-order valence-electron chi connectivity index (χ1n) is 7.14. The summed E-state index contributed by atoms with van der Waals surface area (Å²) in [4.78, 5) is 16.0. The molecule has 3 rings (SSSR count). The van der Waals surface area contributed by atoms with Crippen LogP contribution in [0.5, 0.6) is 5.75 Å². The van der Waals surface area contributed by atoms with Gasteiger partial charge in [-0.05, 0) is 12.1 Å². The molecule has 0 aliphatic carbocycles. The lowest BCUT2D eigenvalue weighted by Crippen LogP contribution is -2.28. The van der Waals surface area contributed by atoms with Crippen molar-refractivity contribution < 1.29 is 14.1 Å². The van der Waals surface area contributed by atoms with Crippen molar-refractivity contribution in [3.8, 4) is 17.1 Å². The Bertz CT molecular complexity index is 757. The molecule has 1 N–H and O–H groups in total. The summed E-state index contributed by atoms with van der Waals surface area (Å²) >= 11 is 0. The number of carbonyl (C=O) groups is 1. The topological polar surface area (TPSA) is 77.2 Å². The van der Waals surface area contributed by atoms with Gasteiger partial charge in [-0.25, -0.2) is 0 Å². The van der Waals surface area contributed by atoms with E-state index >= 15 is 0 Å². The number of carbonyl (C=O) groups excluding carboxylic acids is 1. The van der Waals surface area contributed by atoms with E-state index in [-0.39, 0.29) is 19.1 Å². The summed E-state index contributed by atoms with van der Waals surface area (Å²) in [5.41, 5.74) is 0.862. The predicted octanol–water partition coefficient (Wildman–Crippen LogP) is 2.43. The minimum atomic E-state index is -0.256. The third kappa shape index (κ3) is 4.16. The quantitative estimate of drug-likeness (QED) is 0.756. The highest BCUT2D eigenvalue weighted by Crippen LogP contribution is 2.14. The SMILES string of the molecule is O=C(COc1ccccc1)NCc1nc(-c2ccccc2)no1. The van der Waals surface area contributed by atoms with Crippen LogP contribution < -0.4 is 10.1 Å². The Balaban J connectivity index is 1.49. The van der Waals surface area contributed by atoms with Crippen LogP contribution >= 0.6 is 0 Å². The Morgan fingerprint density at radius 3 is 2.48 bits per heavy atom. The second kappa shape index (κ2) is 7.22. The third-order valence-electron chi connectivity index (χ3n) is 3.05. The second-order valence-corrected chi connectivity index (χ2v) is 4.76. The molecule has 0 fully saturated rings. The number of nitrogens with one attached hydrogen (secondary N) is 1. The number of rotatable bonds is 6. The molecule has 1 heterocycles. The number of aromatic nitrogens is 2. The molecule has 3 aromatic rings. The Morgan fingerprint density at radius 2 is 1.74 bits per heavy atom. The molecule has 116 valence electrons. The van der Waals surface area contributed by atoms with E-state index in [0.717, 1.165) is 5.56 Å². The van der Waals surface area contributed by atoms with Gasteiger partial charge in [-0.15, -0.1) is 0 Å². The molecule has 0 saturated carbocycles. The molecule has 2 aromatic carbocycles. The first-order valence-corrected chi connectivity index (χ1v) is 7.14. The van der Waals surface area contributed by atoms with Crippen LogP contribution in [0.1, 0.15) is 5.89 Å². The Morgan fingerprint density at radius 1 is 1.04 bits per heavy atom. The summed E-state index contributed by atoms with van der Waals surface area (Å²) in [6, 6.07) is 18.6. The maximum absolute atomic E-state index is 11.7. The average molecular weight is 309 g/mol. The second-order valence-electron chi connectivity index (χ2n) is 4.76. The van der Waals surface area contributed by atoms with E-state index in [2.05, 4.69) is 15.5 Å². The fourth-order valence-corrected chi connectivity index (χ4v) is 1.92. The van der Waals surface area contributed by atoms with E-state index < -0.39 is 0 Å². The van der Waals surface area contributed by atoms with Crippen molar-refractivity contribution in [1.29, 1.82) is 0 Å². The third-order valence-corrected chi connectivity index (χ3v) is 3.05. The lowest BCUT2D eigenvalue weighted by molar-refractivity contribution is -0.123. The smallest absolute Gasteiger partial charge is 0.258 e. The van der Waals surface area contributed by atoms with Crippen LogP contribution in [0.25, 0.3) is 11.4 Å². The van der Waals surface area contributed by atoms with Crippen molar-refractivity contribution in [3.63, 3.8) is 0 Å². The number of hydrogen-bond acceptors (Lipinski definition) is 5. The molecule has 0 bridgehead atoms. The zero-order chi connectivity index (χ0) is 15.9. The van der Waals surface area contributed by atoms with Crippen molar-refractivity contribution in [1.82, 2.24) is 15.5 Å². The maximum atomic E-state index is 11.7. The zero-order valence-electron chi connectivity index (χ0n) is 12.3. The van der Waals surface area contributed by atoms with Crippen molar-refractivity contribution in [2.75, 3.05) is 6.61 Å². The lowest BCUT2D eigenvalue weighted by Gasteiger charge is -2.05. The van der Waals surface area contributed by atoms with Gasteiger partial charge in [0.15, 0.2) is 6.61 Å². The average Bonchev–Trinajstić information content (AvgIpc) is 3.09. The van der Waals surface area contributed by atoms with Crippen molar-refractivity contribution >= 4 is 5.91 Å². The van der Waals surface area contributed by atoms with Crippen molar-refractivity contribution in [2.45, 2.75) is 6.54 Å². The number of nitrogens with zero attached hydrogens (tertiary/aromatic N) is 2. The van der Waals surface area contributed by atoms with Gasteiger partial charge in [0.25, 0.3) is 5.91 Å². The minimum Gasteiger partial charge on any atom is -0.484 e. The molecule has 6 heteroatoms. The summed E-state index contributed by atoms with van der Waals surface area (Å²) < 4.78 is 10.5. The Labute approximate surface area is 133 Å². The molecule has 0 unspecified atom stereocenters. The minimum absolute atomic E-state index is 0.0658. The van der Waals surface area contributed by atoms with Gasteiger partial charge in [0.1, 0.15) is 5.75 Å². The summed E-state index contributed by atoms with van der Waals surface area (Å²) in [7, 11) is 0. The van der Waals surface area contributed by atoms with Crippen LogP contribution in [0.15, 0.2) is 65.2 Å². The normalized spacial score (nSPS) is 10.3. The van der Waals surface area contributed by atoms with Gasteiger partial charge in [-0.2, -0.15) is 4.98 Å². The summed E-state index contributed by atoms with van der Waals surface area (Å²) in [6.45, 7) is 0.0977. The molecule has 0 radical (unpaired) electrons. The Hall–Kier alpha value is -3.15. The van der Waals surface area contributed by atoms with Crippen LogP contribution in [0.4, 0.5) is 0 Å². The molecule has 0 aliphatic heterocycles. The fourth-order valence-electron chi connectivity index (χ4n) is 1.92. The van der Waals surface area contributed by atoms with Crippen LogP contribution in [0, 0.1) is 0 Å². The van der Waals surface area contributed by atoms with E-state index in [1.165, 1.54) is 0 Å². The highest BCUT2D eigenvalue weighted by atomic mass is 16.5. The van der Waals surface area contributed by atoms with Crippen molar-refractivity contribution in [3.05, 3.63) is 66.6 Å². The van der Waals surface area contributed by atoms with Crippen LogP contribution in [-0.2, 0) is 11.3 Å². The van der Waals surface area contributed by atoms with Crippen LogP contribution in [-0.4, -0.2) is 22.7 Å². The molecular formula is C17H15N3O3. The molecule has 1 amide bonds. The van der Waals surface area contributed by atoms with E-state index in [4.69, 9.17) is 9.26 Å². The van der Waals surface area contributed by atoms with Gasteiger partial charge in [0, 0.05) is 5.56 Å². The first kappa shape index (κ1) is 14.8. The molecular weight excluding hydrogens is 294 g/mol. The molecule has 6 nitrogen and oxygen atoms in total. The van der Waals surface area contributed by atoms with Gasteiger partial charge in [0.2, 0.25) is 11.7 Å². The standard InChI is InChI=1S/C17H15N3O3/c21-15(12-22-14-9-5-2-6-10-14)18-11-16-19-17(20-23-16)13-7-3-1-4-8-13/h1-10H,11-12H2,(H,18,21). The maximum Gasteiger partial charge on any atom is 0.258 e. The number of ether oxygens (including phenoxy) is 1. The van der Waals surface area contributed by atoms with E-state index in [9.17, 15) is 4.79 Å². The lowest BCUT2D eigenvalue weighted by atomic mass is 10.2. The van der Waals surface area contributed by atoms with E-state index in [1.807, 2.05) is 48.5 Å². The first-order chi connectivity index (χ1) is 11.3. The summed E-state index contributed by atoms with van der Waals surface area (Å²) in [5, 5.41) is 6.56. The molecule has 0 spiro atoms. The summed E-state index contributed by atoms with van der Waals surface area (Å²) in [6.07, 6.45) is 0.